The van der Waals surface area contributed by atoms with E-state index in [4.69, 9.17) is 0 Å². The van der Waals surface area contributed by atoms with E-state index in [1.54, 1.807) is 22.9 Å². The molecule has 1 heterocycles. The van der Waals surface area contributed by atoms with Crippen molar-refractivity contribution in [3.05, 3.63) is 47.3 Å². The summed E-state index contributed by atoms with van der Waals surface area (Å²) in [6.45, 7) is 6.58. The van der Waals surface area contributed by atoms with Crippen LogP contribution in [0.2, 0.25) is 0 Å². The minimum Gasteiger partial charge on any atom is -0.268 e. The van der Waals surface area contributed by atoms with Crippen LogP contribution < -0.4 is 4.72 Å². The van der Waals surface area contributed by atoms with Crippen LogP contribution in [0.1, 0.15) is 17.0 Å². The molecule has 108 valence electrons. The van der Waals surface area contributed by atoms with Gasteiger partial charge in [-0.1, -0.05) is 12.1 Å². The topological polar surface area (TPSA) is 64.0 Å². The summed E-state index contributed by atoms with van der Waals surface area (Å²) in [6, 6.07) is 8.83. The van der Waals surface area contributed by atoms with Gasteiger partial charge in [0.2, 0.25) is 10.0 Å². The van der Waals surface area contributed by atoms with Crippen molar-refractivity contribution < 1.29 is 8.42 Å². The molecule has 0 saturated carbocycles. The van der Waals surface area contributed by atoms with Gasteiger partial charge in [-0.25, -0.2) is 13.1 Å². The summed E-state index contributed by atoms with van der Waals surface area (Å²) in [5.74, 6) is 0. The Morgan fingerprint density at radius 3 is 2.55 bits per heavy atom. The fourth-order valence-electron chi connectivity index (χ4n) is 2.05. The predicted molar refractivity (Wildman–Crippen MR) is 78.1 cm³/mol. The van der Waals surface area contributed by atoms with Gasteiger partial charge in [0.05, 0.1) is 17.1 Å². The van der Waals surface area contributed by atoms with E-state index in [-0.39, 0.29) is 0 Å². The molecule has 6 heteroatoms. The Morgan fingerprint density at radius 2 is 1.95 bits per heavy atom. The van der Waals surface area contributed by atoms with Gasteiger partial charge >= 0.3 is 0 Å². The number of aromatic nitrogens is 2. The number of rotatable bonds is 5. The van der Waals surface area contributed by atoms with Crippen LogP contribution in [-0.4, -0.2) is 24.7 Å². The van der Waals surface area contributed by atoms with Gasteiger partial charge in [-0.3, -0.25) is 4.68 Å². The van der Waals surface area contributed by atoms with Crippen LogP contribution in [0.5, 0.6) is 0 Å². The zero-order chi connectivity index (χ0) is 14.8. The Morgan fingerprint density at radius 1 is 1.20 bits per heavy atom. The van der Waals surface area contributed by atoms with Crippen molar-refractivity contribution in [1.82, 2.24) is 14.5 Å². The highest BCUT2D eigenvalue weighted by atomic mass is 32.2. The fourth-order valence-corrected chi connectivity index (χ4v) is 3.18. The molecule has 1 N–H and O–H groups in total. The third kappa shape index (κ3) is 3.46. The molecule has 0 saturated heterocycles. The van der Waals surface area contributed by atoms with Crippen LogP contribution in [-0.2, 0) is 16.6 Å². The van der Waals surface area contributed by atoms with Gasteiger partial charge in [0.15, 0.2) is 0 Å². The summed E-state index contributed by atoms with van der Waals surface area (Å²) in [5.41, 5.74) is 2.88. The average molecular weight is 293 g/mol. The maximum absolute atomic E-state index is 12.1. The molecule has 0 aliphatic heterocycles. The maximum atomic E-state index is 12.1. The molecule has 0 fully saturated rings. The maximum Gasteiger partial charge on any atom is 0.240 e. The van der Waals surface area contributed by atoms with Gasteiger partial charge in [0, 0.05) is 12.2 Å². The second-order valence-corrected chi connectivity index (χ2v) is 6.63. The van der Waals surface area contributed by atoms with Crippen molar-refractivity contribution in [3.63, 3.8) is 0 Å². The Hall–Kier alpha value is -1.66. The van der Waals surface area contributed by atoms with Crippen LogP contribution in [0, 0.1) is 20.8 Å². The fraction of sp³-hybridized carbons (Fsp3) is 0.357. The second kappa shape index (κ2) is 5.76. The molecule has 0 amide bonds. The minimum atomic E-state index is -3.45. The number of aryl methyl sites for hydroxylation is 3. The van der Waals surface area contributed by atoms with E-state index >= 15 is 0 Å². The zero-order valence-electron chi connectivity index (χ0n) is 11.9. The summed E-state index contributed by atoms with van der Waals surface area (Å²) < 4.78 is 28.6. The van der Waals surface area contributed by atoms with Gasteiger partial charge in [-0.05, 0) is 44.5 Å². The molecule has 2 rings (SSSR count). The van der Waals surface area contributed by atoms with Crippen LogP contribution in [0.3, 0.4) is 0 Å². The summed E-state index contributed by atoms with van der Waals surface area (Å²) >= 11 is 0. The molecule has 0 unspecified atom stereocenters. The summed E-state index contributed by atoms with van der Waals surface area (Å²) in [6.07, 6.45) is 0. The van der Waals surface area contributed by atoms with Crippen LogP contribution >= 0.6 is 0 Å². The SMILES string of the molecule is Cc1cccc(S(=O)(=O)NCCn2nc(C)cc2C)c1. The third-order valence-electron chi connectivity index (χ3n) is 3.02. The van der Waals surface area contributed by atoms with Crippen molar-refractivity contribution in [3.8, 4) is 0 Å². The molecule has 0 aliphatic rings. The summed E-state index contributed by atoms with van der Waals surface area (Å²) in [5, 5.41) is 4.30. The highest BCUT2D eigenvalue weighted by molar-refractivity contribution is 7.89. The molecule has 1 aromatic carbocycles. The van der Waals surface area contributed by atoms with Crippen molar-refractivity contribution in [1.29, 1.82) is 0 Å². The molecular formula is C14H19N3O2S. The van der Waals surface area contributed by atoms with Crippen molar-refractivity contribution in [2.45, 2.75) is 32.2 Å². The molecule has 0 bridgehead atoms. The van der Waals surface area contributed by atoms with Gasteiger partial charge < -0.3 is 0 Å². The van der Waals surface area contributed by atoms with Gasteiger partial charge in [-0.15, -0.1) is 0 Å². The van der Waals surface area contributed by atoms with Crippen LogP contribution in [0.25, 0.3) is 0 Å². The van der Waals surface area contributed by atoms with E-state index in [9.17, 15) is 8.42 Å². The summed E-state index contributed by atoms with van der Waals surface area (Å²) in [4.78, 5) is 0.297. The average Bonchev–Trinajstić information content (AvgIpc) is 2.68. The first kappa shape index (κ1) is 14.7. The lowest BCUT2D eigenvalue weighted by atomic mass is 10.2. The molecule has 0 aliphatic carbocycles. The normalized spacial score (nSPS) is 11.8. The summed E-state index contributed by atoms with van der Waals surface area (Å²) in [7, 11) is -3.45. The first-order chi connectivity index (χ1) is 9.38. The Kier molecular flexibility index (Phi) is 4.25. The van der Waals surface area contributed by atoms with E-state index in [0.717, 1.165) is 17.0 Å². The number of hydrogen-bond acceptors (Lipinski definition) is 3. The number of hydrogen-bond donors (Lipinski definition) is 1. The van der Waals surface area contributed by atoms with Gasteiger partial charge in [0.25, 0.3) is 0 Å². The molecule has 5 nitrogen and oxygen atoms in total. The lowest BCUT2D eigenvalue weighted by Crippen LogP contribution is -2.28. The van der Waals surface area contributed by atoms with Gasteiger partial charge in [0.1, 0.15) is 0 Å². The largest absolute Gasteiger partial charge is 0.268 e. The molecule has 0 radical (unpaired) electrons. The molecule has 1 aromatic heterocycles. The lowest BCUT2D eigenvalue weighted by molar-refractivity contribution is 0.554. The molecule has 2 aromatic rings. The number of benzene rings is 1. The second-order valence-electron chi connectivity index (χ2n) is 4.86. The van der Waals surface area contributed by atoms with E-state index in [1.807, 2.05) is 32.9 Å². The number of sulfonamides is 1. The van der Waals surface area contributed by atoms with Crippen molar-refractivity contribution in [2.24, 2.45) is 0 Å². The Bertz CT molecular complexity index is 705. The van der Waals surface area contributed by atoms with Crippen LogP contribution in [0.4, 0.5) is 0 Å². The number of nitrogens with one attached hydrogen (secondary N) is 1. The standard InChI is InChI=1S/C14H19N3O2S/c1-11-5-4-6-14(9-11)20(18,19)15-7-8-17-13(3)10-12(2)16-17/h4-6,9-10,15H,7-8H2,1-3H3. The zero-order valence-corrected chi connectivity index (χ0v) is 12.7. The number of nitrogens with zero attached hydrogens (tertiary/aromatic N) is 2. The third-order valence-corrected chi connectivity index (χ3v) is 4.48. The van der Waals surface area contributed by atoms with E-state index in [0.29, 0.717) is 18.0 Å². The van der Waals surface area contributed by atoms with Gasteiger partial charge in [-0.2, -0.15) is 5.10 Å². The molecule has 20 heavy (non-hydrogen) atoms. The van der Waals surface area contributed by atoms with Crippen molar-refractivity contribution in [2.75, 3.05) is 6.54 Å². The molecule has 0 atom stereocenters. The first-order valence-electron chi connectivity index (χ1n) is 6.46. The first-order valence-corrected chi connectivity index (χ1v) is 7.94. The Balaban J connectivity index is 2.01. The van der Waals surface area contributed by atoms with Crippen LogP contribution in [0.15, 0.2) is 35.2 Å². The highest BCUT2D eigenvalue weighted by Crippen LogP contribution is 2.10. The predicted octanol–water partition coefficient (Wildman–Crippen LogP) is 1.79. The highest BCUT2D eigenvalue weighted by Gasteiger charge is 2.13. The van der Waals surface area contributed by atoms with E-state index in [2.05, 4.69) is 9.82 Å². The lowest BCUT2D eigenvalue weighted by Gasteiger charge is -2.08. The minimum absolute atomic E-state index is 0.297. The Labute approximate surface area is 119 Å². The smallest absolute Gasteiger partial charge is 0.240 e. The van der Waals surface area contributed by atoms with E-state index in [1.165, 1.54) is 0 Å². The monoisotopic (exact) mass is 293 g/mol. The van der Waals surface area contributed by atoms with E-state index < -0.39 is 10.0 Å². The molecule has 0 spiro atoms. The quantitative estimate of drug-likeness (QED) is 0.914. The van der Waals surface area contributed by atoms with Crippen molar-refractivity contribution >= 4 is 10.0 Å². The molecular weight excluding hydrogens is 274 g/mol.